The van der Waals surface area contributed by atoms with Crippen LogP contribution in [0.5, 0.6) is 11.5 Å². The minimum absolute atomic E-state index is 0.0210. The molecule has 1 heterocycles. The molecule has 10 heteroatoms. The van der Waals surface area contributed by atoms with E-state index < -0.39 is 24.5 Å². The van der Waals surface area contributed by atoms with Crippen LogP contribution in [0, 0.1) is 0 Å². The lowest BCUT2D eigenvalue weighted by atomic mass is 10.2. The Kier molecular flexibility index (Phi) is 6.98. The third kappa shape index (κ3) is 5.59. The highest BCUT2D eigenvalue weighted by Crippen LogP contribution is 2.28. The molecule has 1 aliphatic rings. The quantitative estimate of drug-likeness (QED) is 0.473. The zero-order valence-corrected chi connectivity index (χ0v) is 15.1. The van der Waals surface area contributed by atoms with Crippen LogP contribution >= 0.6 is 0 Å². The summed E-state index contributed by atoms with van der Waals surface area (Å²) in [7, 11) is 2.96. The van der Waals surface area contributed by atoms with E-state index in [9.17, 15) is 19.2 Å². The molecule has 0 bridgehead atoms. The zero-order chi connectivity index (χ0) is 19.8. The molecule has 1 aliphatic heterocycles. The van der Waals surface area contributed by atoms with Crippen molar-refractivity contribution in [2.45, 2.75) is 12.8 Å². The molecule has 146 valence electrons. The van der Waals surface area contributed by atoms with Gasteiger partial charge in [0.2, 0.25) is 5.91 Å². The number of amides is 4. The van der Waals surface area contributed by atoms with E-state index in [-0.39, 0.29) is 31.8 Å². The molecule has 0 aliphatic carbocycles. The number of rotatable bonds is 9. The molecule has 1 saturated heterocycles. The first-order valence-corrected chi connectivity index (χ1v) is 8.20. The van der Waals surface area contributed by atoms with Crippen molar-refractivity contribution in [3.05, 3.63) is 18.2 Å². The van der Waals surface area contributed by atoms with Gasteiger partial charge >= 0.3 is 12.0 Å². The summed E-state index contributed by atoms with van der Waals surface area (Å²) >= 11 is 0. The second kappa shape index (κ2) is 9.41. The van der Waals surface area contributed by atoms with Gasteiger partial charge in [0.15, 0.2) is 6.61 Å². The highest BCUT2D eigenvalue weighted by molar-refractivity contribution is 6.01. The fraction of sp³-hybridized carbons (Fsp3) is 0.412. The molecular formula is C17H21N3O7. The van der Waals surface area contributed by atoms with Gasteiger partial charge in [-0.3, -0.25) is 19.3 Å². The van der Waals surface area contributed by atoms with Crippen molar-refractivity contribution in [1.82, 2.24) is 10.2 Å². The van der Waals surface area contributed by atoms with Gasteiger partial charge in [0.05, 0.1) is 26.5 Å². The first kappa shape index (κ1) is 20.0. The maximum Gasteiger partial charge on any atom is 0.324 e. The molecule has 27 heavy (non-hydrogen) atoms. The second-order valence-electron chi connectivity index (χ2n) is 5.58. The van der Waals surface area contributed by atoms with Crippen LogP contribution in [0.1, 0.15) is 12.8 Å². The number of imide groups is 1. The van der Waals surface area contributed by atoms with E-state index in [1.54, 1.807) is 18.2 Å². The molecule has 0 atom stereocenters. The Labute approximate surface area is 155 Å². The maximum absolute atomic E-state index is 12.0. The summed E-state index contributed by atoms with van der Waals surface area (Å²) in [4.78, 5) is 47.5. The van der Waals surface area contributed by atoms with E-state index in [1.165, 1.54) is 14.2 Å². The summed E-state index contributed by atoms with van der Waals surface area (Å²) in [5, 5.41) is 4.96. The molecule has 2 N–H and O–H groups in total. The third-order valence-corrected chi connectivity index (χ3v) is 3.74. The monoisotopic (exact) mass is 379 g/mol. The Balaban J connectivity index is 1.74. The molecule has 0 unspecified atom stereocenters. The molecule has 0 spiro atoms. The third-order valence-electron chi connectivity index (χ3n) is 3.74. The first-order valence-electron chi connectivity index (χ1n) is 8.20. The van der Waals surface area contributed by atoms with Gasteiger partial charge in [-0.1, -0.05) is 0 Å². The molecule has 1 aromatic carbocycles. The largest absolute Gasteiger partial charge is 0.497 e. The van der Waals surface area contributed by atoms with Crippen LogP contribution in [0.3, 0.4) is 0 Å². The lowest BCUT2D eigenvalue weighted by Gasteiger charge is -2.12. The van der Waals surface area contributed by atoms with Gasteiger partial charge in [-0.15, -0.1) is 0 Å². The number of anilines is 1. The highest BCUT2D eigenvalue weighted by atomic mass is 16.5. The van der Waals surface area contributed by atoms with Crippen LogP contribution in [-0.2, 0) is 19.1 Å². The summed E-state index contributed by atoms with van der Waals surface area (Å²) in [6.07, 6.45) is 0.232. The Hall–Kier alpha value is -3.30. The van der Waals surface area contributed by atoms with Crippen LogP contribution in [0.15, 0.2) is 18.2 Å². The zero-order valence-electron chi connectivity index (χ0n) is 15.1. The van der Waals surface area contributed by atoms with E-state index >= 15 is 0 Å². The van der Waals surface area contributed by atoms with Crippen LogP contribution in [-0.4, -0.2) is 62.6 Å². The predicted molar refractivity (Wildman–Crippen MR) is 93.5 cm³/mol. The fourth-order valence-electron chi connectivity index (χ4n) is 2.38. The van der Waals surface area contributed by atoms with Crippen molar-refractivity contribution in [2.24, 2.45) is 0 Å². The summed E-state index contributed by atoms with van der Waals surface area (Å²) in [6.45, 7) is -0.382. The Morgan fingerprint density at radius 3 is 2.63 bits per heavy atom. The number of nitrogens with zero attached hydrogens (tertiary/aromatic N) is 1. The molecule has 0 saturated carbocycles. The van der Waals surface area contributed by atoms with Crippen LogP contribution in [0.25, 0.3) is 0 Å². The van der Waals surface area contributed by atoms with Gasteiger partial charge in [-0.05, 0) is 18.6 Å². The van der Waals surface area contributed by atoms with Gasteiger partial charge < -0.3 is 24.8 Å². The number of methoxy groups -OCH3 is 2. The van der Waals surface area contributed by atoms with Gasteiger partial charge in [0, 0.05) is 19.0 Å². The molecule has 0 radical (unpaired) electrons. The molecule has 2 rings (SSSR count). The summed E-state index contributed by atoms with van der Waals surface area (Å²) in [6, 6.07) is 4.42. The van der Waals surface area contributed by atoms with Gasteiger partial charge in [0.1, 0.15) is 11.5 Å². The number of hydrogen-bond acceptors (Lipinski definition) is 7. The number of benzene rings is 1. The lowest BCUT2D eigenvalue weighted by Crippen LogP contribution is -2.32. The predicted octanol–water partition coefficient (Wildman–Crippen LogP) is 0.517. The number of hydrogen-bond donors (Lipinski definition) is 2. The van der Waals surface area contributed by atoms with Gasteiger partial charge in [-0.2, -0.15) is 0 Å². The van der Waals surface area contributed by atoms with Crippen molar-refractivity contribution >= 4 is 29.5 Å². The van der Waals surface area contributed by atoms with Crippen molar-refractivity contribution in [2.75, 3.05) is 39.2 Å². The Bertz CT molecular complexity index is 719. The fourth-order valence-corrected chi connectivity index (χ4v) is 2.38. The van der Waals surface area contributed by atoms with Crippen molar-refractivity contribution in [3.8, 4) is 11.5 Å². The lowest BCUT2D eigenvalue weighted by molar-refractivity contribution is -0.147. The normalized spacial score (nSPS) is 13.2. The molecule has 4 amide bonds. The number of nitrogens with one attached hydrogen (secondary N) is 2. The van der Waals surface area contributed by atoms with Crippen LogP contribution in [0.4, 0.5) is 10.5 Å². The van der Waals surface area contributed by atoms with Crippen molar-refractivity contribution in [1.29, 1.82) is 0 Å². The van der Waals surface area contributed by atoms with Crippen molar-refractivity contribution < 1.29 is 33.4 Å². The van der Waals surface area contributed by atoms with E-state index in [1.807, 2.05) is 0 Å². The topological polar surface area (TPSA) is 123 Å². The number of ether oxygens (including phenoxy) is 3. The Morgan fingerprint density at radius 2 is 2.00 bits per heavy atom. The molecule has 0 aromatic heterocycles. The Morgan fingerprint density at radius 1 is 1.22 bits per heavy atom. The first-order chi connectivity index (χ1) is 12.9. The van der Waals surface area contributed by atoms with E-state index in [0.717, 1.165) is 4.90 Å². The van der Waals surface area contributed by atoms with E-state index in [2.05, 4.69) is 10.6 Å². The molecular weight excluding hydrogens is 358 g/mol. The minimum Gasteiger partial charge on any atom is -0.497 e. The minimum atomic E-state index is -0.602. The summed E-state index contributed by atoms with van der Waals surface area (Å²) in [5.74, 6) is -0.508. The van der Waals surface area contributed by atoms with Crippen LogP contribution in [0.2, 0.25) is 0 Å². The molecule has 1 fully saturated rings. The van der Waals surface area contributed by atoms with Crippen LogP contribution < -0.4 is 20.1 Å². The van der Waals surface area contributed by atoms with E-state index in [4.69, 9.17) is 14.2 Å². The highest BCUT2D eigenvalue weighted by Gasteiger charge is 2.27. The average molecular weight is 379 g/mol. The SMILES string of the molecule is COc1ccc(OC)c(NC(=O)COC(=O)CCCN2C(=O)CNC2=O)c1. The molecule has 1 aromatic rings. The number of urea groups is 1. The maximum atomic E-state index is 12.0. The number of carbonyl (C=O) groups is 4. The number of esters is 1. The standard InChI is InChI=1S/C17H21N3O7/c1-25-11-5-6-13(26-2)12(8-11)19-14(21)10-27-16(23)4-3-7-20-15(22)9-18-17(20)24/h5-6,8H,3-4,7,9-10H2,1-2H3,(H,18,24)(H,19,21). The second-order valence-corrected chi connectivity index (χ2v) is 5.58. The van der Waals surface area contributed by atoms with Crippen molar-refractivity contribution in [3.63, 3.8) is 0 Å². The van der Waals surface area contributed by atoms with Gasteiger partial charge in [-0.25, -0.2) is 4.79 Å². The summed E-state index contributed by atoms with van der Waals surface area (Å²) in [5.41, 5.74) is 0.386. The average Bonchev–Trinajstić information content (AvgIpc) is 2.98. The van der Waals surface area contributed by atoms with Gasteiger partial charge in [0.25, 0.3) is 5.91 Å². The number of carbonyl (C=O) groups excluding carboxylic acids is 4. The molecule has 10 nitrogen and oxygen atoms in total. The smallest absolute Gasteiger partial charge is 0.324 e. The van der Waals surface area contributed by atoms with E-state index in [0.29, 0.717) is 17.2 Å². The summed E-state index contributed by atoms with van der Waals surface area (Å²) < 4.78 is 15.1.